The summed E-state index contributed by atoms with van der Waals surface area (Å²) in [5, 5.41) is 4.18. The Morgan fingerprint density at radius 1 is 1.26 bits per heavy atom. The predicted octanol–water partition coefficient (Wildman–Crippen LogP) is 3.32. The number of aryl methyl sites for hydroxylation is 1. The molecule has 1 atom stereocenters. The molecule has 1 aliphatic heterocycles. The van der Waals surface area contributed by atoms with Crippen LogP contribution in [-0.2, 0) is 11.3 Å². The summed E-state index contributed by atoms with van der Waals surface area (Å²) < 4.78 is 1.88. The minimum atomic E-state index is 0.124. The average molecular weight is 311 g/mol. The lowest BCUT2D eigenvalue weighted by Crippen LogP contribution is -2.30. The molecule has 1 aromatic carbocycles. The van der Waals surface area contributed by atoms with E-state index in [0.717, 1.165) is 26.1 Å². The number of carbonyl (C=O) groups is 1. The van der Waals surface area contributed by atoms with Crippen molar-refractivity contribution >= 4 is 5.91 Å². The number of nitrogens with zero attached hydrogens (tertiary/aromatic N) is 3. The zero-order chi connectivity index (χ0) is 16.3. The second-order valence-electron chi connectivity index (χ2n) is 7.10. The van der Waals surface area contributed by atoms with E-state index in [1.807, 2.05) is 27.9 Å². The van der Waals surface area contributed by atoms with Gasteiger partial charge in [0.25, 0.3) is 0 Å². The SMILES string of the molecule is CC1(C)CN(C(=O)CCCn2cccn2)C[C@H]1c1ccccc1. The Labute approximate surface area is 138 Å². The van der Waals surface area contributed by atoms with E-state index in [1.165, 1.54) is 5.56 Å². The molecule has 2 aromatic rings. The minimum Gasteiger partial charge on any atom is -0.342 e. The molecular formula is C19H25N3O. The van der Waals surface area contributed by atoms with Crippen LogP contribution in [0.15, 0.2) is 48.8 Å². The maximum Gasteiger partial charge on any atom is 0.222 e. The summed E-state index contributed by atoms with van der Waals surface area (Å²) in [5.41, 5.74) is 1.46. The van der Waals surface area contributed by atoms with Crippen LogP contribution in [0, 0.1) is 5.41 Å². The second kappa shape index (κ2) is 6.57. The standard InChI is InChI=1S/C19H25N3O/c1-19(2)15-21(14-17(19)16-8-4-3-5-9-16)18(23)10-6-12-22-13-7-11-20-22/h3-5,7-9,11,13,17H,6,10,12,14-15H2,1-2H3/t17-/m0/s1. The molecule has 0 radical (unpaired) electrons. The molecule has 0 spiro atoms. The number of hydrogen-bond donors (Lipinski definition) is 0. The average Bonchev–Trinajstić information content (AvgIpc) is 3.15. The fourth-order valence-electron chi connectivity index (χ4n) is 3.55. The number of benzene rings is 1. The monoisotopic (exact) mass is 311 g/mol. The van der Waals surface area contributed by atoms with Gasteiger partial charge in [-0.05, 0) is 23.5 Å². The fourth-order valence-corrected chi connectivity index (χ4v) is 3.55. The first-order chi connectivity index (χ1) is 11.1. The third-order valence-electron chi connectivity index (χ3n) is 4.84. The van der Waals surface area contributed by atoms with Crippen molar-refractivity contribution < 1.29 is 4.79 Å². The molecule has 2 heterocycles. The summed E-state index contributed by atoms with van der Waals surface area (Å²) in [6.07, 6.45) is 5.15. The topological polar surface area (TPSA) is 38.1 Å². The Morgan fingerprint density at radius 2 is 2.04 bits per heavy atom. The van der Waals surface area contributed by atoms with Crippen LogP contribution in [0.4, 0.5) is 0 Å². The summed E-state index contributed by atoms with van der Waals surface area (Å²) in [6, 6.07) is 12.5. The van der Waals surface area contributed by atoms with Crippen LogP contribution in [-0.4, -0.2) is 33.7 Å². The molecule has 1 amide bonds. The van der Waals surface area contributed by atoms with E-state index >= 15 is 0 Å². The van der Waals surface area contributed by atoms with Gasteiger partial charge in [0, 0.05) is 44.4 Å². The Hall–Kier alpha value is -2.10. The van der Waals surface area contributed by atoms with Crippen molar-refractivity contribution in [3.05, 3.63) is 54.4 Å². The molecule has 3 rings (SSSR count). The lowest BCUT2D eigenvalue weighted by molar-refractivity contribution is -0.130. The van der Waals surface area contributed by atoms with Crippen molar-refractivity contribution in [3.63, 3.8) is 0 Å². The van der Waals surface area contributed by atoms with E-state index in [1.54, 1.807) is 6.20 Å². The molecule has 1 aromatic heterocycles. The lowest BCUT2D eigenvalue weighted by Gasteiger charge is -2.25. The van der Waals surface area contributed by atoms with E-state index in [2.05, 4.69) is 43.2 Å². The molecule has 0 bridgehead atoms. The van der Waals surface area contributed by atoms with Gasteiger partial charge in [0.1, 0.15) is 0 Å². The van der Waals surface area contributed by atoms with Crippen molar-refractivity contribution in [2.75, 3.05) is 13.1 Å². The molecule has 4 nitrogen and oxygen atoms in total. The molecule has 0 N–H and O–H groups in total. The van der Waals surface area contributed by atoms with E-state index in [4.69, 9.17) is 0 Å². The van der Waals surface area contributed by atoms with Gasteiger partial charge in [0.15, 0.2) is 0 Å². The van der Waals surface area contributed by atoms with Crippen LogP contribution in [0.5, 0.6) is 0 Å². The minimum absolute atomic E-state index is 0.124. The number of likely N-dealkylation sites (tertiary alicyclic amines) is 1. The molecule has 23 heavy (non-hydrogen) atoms. The maximum atomic E-state index is 12.5. The molecule has 1 aliphatic rings. The summed E-state index contributed by atoms with van der Waals surface area (Å²) in [5.74, 6) is 0.683. The van der Waals surface area contributed by atoms with E-state index in [0.29, 0.717) is 12.3 Å². The van der Waals surface area contributed by atoms with Gasteiger partial charge in [0.2, 0.25) is 5.91 Å². The Balaban J connectivity index is 1.57. The van der Waals surface area contributed by atoms with Crippen LogP contribution >= 0.6 is 0 Å². The summed E-state index contributed by atoms with van der Waals surface area (Å²) in [7, 11) is 0. The highest BCUT2D eigenvalue weighted by molar-refractivity contribution is 5.76. The number of aromatic nitrogens is 2. The van der Waals surface area contributed by atoms with Gasteiger partial charge >= 0.3 is 0 Å². The number of amides is 1. The molecule has 0 saturated carbocycles. The van der Waals surface area contributed by atoms with E-state index in [9.17, 15) is 4.79 Å². The van der Waals surface area contributed by atoms with Gasteiger partial charge in [-0.15, -0.1) is 0 Å². The molecule has 1 fully saturated rings. The first-order valence-electron chi connectivity index (χ1n) is 8.36. The first-order valence-corrected chi connectivity index (χ1v) is 8.36. The summed E-state index contributed by atoms with van der Waals surface area (Å²) in [4.78, 5) is 14.6. The Kier molecular flexibility index (Phi) is 4.51. The normalized spacial score (nSPS) is 19.9. The number of carbonyl (C=O) groups excluding carboxylic acids is 1. The molecule has 1 saturated heterocycles. The highest BCUT2D eigenvalue weighted by Gasteiger charge is 2.41. The Bertz CT molecular complexity index is 634. The molecule has 0 unspecified atom stereocenters. The zero-order valence-electron chi connectivity index (χ0n) is 14.0. The van der Waals surface area contributed by atoms with Gasteiger partial charge < -0.3 is 4.90 Å². The molecule has 0 aliphatic carbocycles. The highest BCUT2D eigenvalue weighted by atomic mass is 16.2. The van der Waals surface area contributed by atoms with Crippen LogP contribution in [0.3, 0.4) is 0 Å². The maximum absolute atomic E-state index is 12.5. The quantitative estimate of drug-likeness (QED) is 0.849. The molecule has 4 heteroatoms. The summed E-state index contributed by atoms with van der Waals surface area (Å²) >= 11 is 0. The van der Waals surface area contributed by atoms with Crippen LogP contribution < -0.4 is 0 Å². The van der Waals surface area contributed by atoms with Crippen molar-refractivity contribution in [3.8, 4) is 0 Å². The van der Waals surface area contributed by atoms with Crippen LogP contribution in [0.1, 0.15) is 38.2 Å². The summed E-state index contributed by atoms with van der Waals surface area (Å²) in [6.45, 7) is 7.01. The van der Waals surface area contributed by atoms with Gasteiger partial charge in [-0.2, -0.15) is 5.10 Å². The molecule has 122 valence electrons. The van der Waals surface area contributed by atoms with E-state index < -0.39 is 0 Å². The van der Waals surface area contributed by atoms with Crippen LogP contribution in [0.2, 0.25) is 0 Å². The van der Waals surface area contributed by atoms with Gasteiger partial charge in [0.05, 0.1) is 0 Å². The van der Waals surface area contributed by atoms with Gasteiger partial charge in [-0.3, -0.25) is 9.48 Å². The van der Waals surface area contributed by atoms with Crippen molar-refractivity contribution in [1.29, 1.82) is 0 Å². The molecular weight excluding hydrogens is 286 g/mol. The van der Waals surface area contributed by atoms with Crippen molar-refractivity contribution in [2.24, 2.45) is 5.41 Å². The first kappa shape index (κ1) is 15.8. The lowest BCUT2D eigenvalue weighted by atomic mass is 9.78. The largest absolute Gasteiger partial charge is 0.342 e. The smallest absolute Gasteiger partial charge is 0.222 e. The third kappa shape index (κ3) is 3.63. The third-order valence-corrected chi connectivity index (χ3v) is 4.84. The van der Waals surface area contributed by atoms with E-state index in [-0.39, 0.29) is 11.3 Å². The Morgan fingerprint density at radius 3 is 2.74 bits per heavy atom. The second-order valence-corrected chi connectivity index (χ2v) is 7.10. The van der Waals surface area contributed by atoms with Gasteiger partial charge in [-0.1, -0.05) is 44.2 Å². The zero-order valence-corrected chi connectivity index (χ0v) is 14.0. The highest BCUT2D eigenvalue weighted by Crippen LogP contribution is 2.42. The van der Waals surface area contributed by atoms with Crippen molar-refractivity contribution in [1.82, 2.24) is 14.7 Å². The number of hydrogen-bond acceptors (Lipinski definition) is 2. The van der Waals surface area contributed by atoms with Crippen LogP contribution in [0.25, 0.3) is 0 Å². The number of rotatable bonds is 5. The predicted molar refractivity (Wildman–Crippen MR) is 91.0 cm³/mol. The van der Waals surface area contributed by atoms with Gasteiger partial charge in [-0.25, -0.2) is 0 Å². The van der Waals surface area contributed by atoms with Crippen molar-refractivity contribution in [2.45, 2.75) is 39.2 Å². The fraction of sp³-hybridized carbons (Fsp3) is 0.474.